The van der Waals surface area contributed by atoms with Gasteiger partial charge in [0.05, 0.1) is 12.2 Å². The van der Waals surface area contributed by atoms with E-state index in [9.17, 15) is 4.79 Å². The zero-order chi connectivity index (χ0) is 11.8. The highest BCUT2D eigenvalue weighted by Crippen LogP contribution is 2.02. The van der Waals surface area contributed by atoms with Crippen molar-refractivity contribution >= 4 is 5.91 Å². The van der Waals surface area contributed by atoms with E-state index in [2.05, 4.69) is 10.5 Å². The van der Waals surface area contributed by atoms with Gasteiger partial charge in [0.15, 0.2) is 5.76 Å². The molecule has 1 aromatic rings. The van der Waals surface area contributed by atoms with Crippen molar-refractivity contribution in [3.8, 4) is 0 Å². The molecule has 0 unspecified atom stereocenters. The molecule has 5 heteroatoms. The van der Waals surface area contributed by atoms with Crippen molar-refractivity contribution in [1.29, 1.82) is 0 Å². The summed E-state index contributed by atoms with van der Waals surface area (Å²) in [6.07, 6.45) is 3.42. The molecule has 1 amide bonds. The number of nitrogens with zero attached hydrogens (tertiary/aromatic N) is 1. The van der Waals surface area contributed by atoms with Crippen LogP contribution in [0.3, 0.4) is 0 Å². The fourth-order valence-corrected chi connectivity index (χ4v) is 1.38. The Hall–Kier alpha value is -1.36. The van der Waals surface area contributed by atoms with Crippen LogP contribution in [0.5, 0.6) is 0 Å². The van der Waals surface area contributed by atoms with E-state index in [1.54, 1.807) is 0 Å². The minimum Gasteiger partial charge on any atom is -0.359 e. The molecule has 0 aliphatic heterocycles. The van der Waals surface area contributed by atoms with Crippen LogP contribution < -0.4 is 11.1 Å². The summed E-state index contributed by atoms with van der Waals surface area (Å²) < 4.78 is 4.98. The standard InChI is InChI=1S/C11H19N3O2/c1-9-7-10(16-14-9)8-13-11(15)5-3-2-4-6-12/h7H,2-6,8,12H2,1H3,(H,13,15). The number of rotatable bonds is 7. The summed E-state index contributed by atoms with van der Waals surface area (Å²) in [6, 6.07) is 1.81. The third-order valence-corrected chi connectivity index (χ3v) is 2.24. The van der Waals surface area contributed by atoms with Gasteiger partial charge < -0.3 is 15.6 Å². The fourth-order valence-electron chi connectivity index (χ4n) is 1.38. The molecule has 0 bridgehead atoms. The molecule has 0 radical (unpaired) electrons. The Bertz CT molecular complexity index is 323. The first-order chi connectivity index (χ1) is 7.72. The maximum Gasteiger partial charge on any atom is 0.220 e. The third kappa shape index (κ3) is 4.93. The molecule has 0 aliphatic rings. The van der Waals surface area contributed by atoms with Gasteiger partial charge in [0.1, 0.15) is 0 Å². The summed E-state index contributed by atoms with van der Waals surface area (Å²) in [6.45, 7) is 2.96. The molecule has 1 rings (SSSR count). The summed E-state index contributed by atoms with van der Waals surface area (Å²) in [4.78, 5) is 11.4. The van der Waals surface area contributed by atoms with Gasteiger partial charge in [-0.2, -0.15) is 0 Å². The summed E-state index contributed by atoms with van der Waals surface area (Å²) in [5.74, 6) is 0.735. The highest BCUT2D eigenvalue weighted by atomic mass is 16.5. The lowest BCUT2D eigenvalue weighted by molar-refractivity contribution is -0.121. The van der Waals surface area contributed by atoms with E-state index in [4.69, 9.17) is 10.3 Å². The van der Waals surface area contributed by atoms with E-state index in [1.165, 1.54) is 0 Å². The normalized spacial score (nSPS) is 10.4. The predicted molar refractivity (Wildman–Crippen MR) is 60.6 cm³/mol. The maximum absolute atomic E-state index is 11.4. The van der Waals surface area contributed by atoms with Gasteiger partial charge in [-0.15, -0.1) is 0 Å². The molecule has 0 fully saturated rings. The molecular weight excluding hydrogens is 206 g/mol. The summed E-state index contributed by atoms with van der Waals surface area (Å²) in [7, 11) is 0. The summed E-state index contributed by atoms with van der Waals surface area (Å²) in [5, 5.41) is 6.53. The average molecular weight is 225 g/mol. The van der Waals surface area contributed by atoms with Gasteiger partial charge in [-0.1, -0.05) is 11.6 Å². The molecule has 0 aliphatic carbocycles. The first kappa shape index (κ1) is 12.7. The van der Waals surface area contributed by atoms with Crippen molar-refractivity contribution < 1.29 is 9.32 Å². The largest absolute Gasteiger partial charge is 0.359 e. The van der Waals surface area contributed by atoms with E-state index < -0.39 is 0 Å². The van der Waals surface area contributed by atoms with Crippen LogP contribution in [0.15, 0.2) is 10.6 Å². The number of carbonyl (C=O) groups is 1. The second-order valence-electron chi connectivity index (χ2n) is 3.81. The van der Waals surface area contributed by atoms with Gasteiger partial charge in [0.2, 0.25) is 5.91 Å². The first-order valence-electron chi connectivity index (χ1n) is 5.61. The van der Waals surface area contributed by atoms with Crippen LogP contribution in [0.1, 0.15) is 37.1 Å². The number of nitrogens with two attached hydrogens (primary N) is 1. The highest BCUT2D eigenvalue weighted by molar-refractivity contribution is 5.75. The highest BCUT2D eigenvalue weighted by Gasteiger charge is 2.04. The lowest BCUT2D eigenvalue weighted by atomic mass is 10.2. The minimum atomic E-state index is 0.0473. The zero-order valence-electron chi connectivity index (χ0n) is 9.66. The average Bonchev–Trinajstić information content (AvgIpc) is 2.68. The fraction of sp³-hybridized carbons (Fsp3) is 0.636. The number of nitrogens with one attached hydrogen (secondary N) is 1. The Labute approximate surface area is 95.4 Å². The van der Waals surface area contributed by atoms with Gasteiger partial charge in [-0.05, 0) is 26.3 Å². The van der Waals surface area contributed by atoms with E-state index in [1.807, 2.05) is 13.0 Å². The summed E-state index contributed by atoms with van der Waals surface area (Å²) in [5.41, 5.74) is 6.19. The van der Waals surface area contributed by atoms with Gasteiger partial charge in [-0.3, -0.25) is 4.79 Å². The lowest BCUT2D eigenvalue weighted by Crippen LogP contribution is -2.22. The van der Waals surface area contributed by atoms with Crippen LogP contribution >= 0.6 is 0 Å². The Balaban J connectivity index is 2.10. The number of hydrogen-bond acceptors (Lipinski definition) is 4. The van der Waals surface area contributed by atoms with Crippen LogP contribution in [0, 0.1) is 6.92 Å². The van der Waals surface area contributed by atoms with Gasteiger partial charge in [-0.25, -0.2) is 0 Å². The molecule has 1 aromatic heterocycles. The quantitative estimate of drug-likeness (QED) is 0.681. The van der Waals surface area contributed by atoms with Crippen LogP contribution in [0.25, 0.3) is 0 Å². The topological polar surface area (TPSA) is 81.2 Å². The first-order valence-corrected chi connectivity index (χ1v) is 5.61. The molecule has 0 atom stereocenters. The molecule has 0 spiro atoms. The zero-order valence-corrected chi connectivity index (χ0v) is 9.66. The molecule has 0 saturated carbocycles. The van der Waals surface area contributed by atoms with Crippen molar-refractivity contribution in [2.24, 2.45) is 5.73 Å². The molecule has 1 heterocycles. The number of aromatic nitrogens is 1. The number of unbranched alkanes of at least 4 members (excludes halogenated alkanes) is 2. The molecule has 5 nitrogen and oxygen atoms in total. The Morgan fingerprint density at radius 3 is 2.94 bits per heavy atom. The molecule has 0 saturated heterocycles. The van der Waals surface area contributed by atoms with Crippen molar-refractivity contribution in [2.45, 2.75) is 39.2 Å². The van der Waals surface area contributed by atoms with Crippen molar-refractivity contribution in [1.82, 2.24) is 10.5 Å². The van der Waals surface area contributed by atoms with Crippen molar-refractivity contribution in [3.63, 3.8) is 0 Å². The van der Waals surface area contributed by atoms with Crippen LogP contribution in [-0.4, -0.2) is 17.6 Å². The number of aryl methyl sites for hydroxylation is 1. The van der Waals surface area contributed by atoms with E-state index >= 15 is 0 Å². The molecule has 90 valence electrons. The van der Waals surface area contributed by atoms with Crippen molar-refractivity contribution in [3.05, 3.63) is 17.5 Å². The number of amides is 1. The van der Waals surface area contributed by atoms with Crippen LogP contribution in [0.4, 0.5) is 0 Å². The second-order valence-corrected chi connectivity index (χ2v) is 3.81. The third-order valence-electron chi connectivity index (χ3n) is 2.24. The maximum atomic E-state index is 11.4. The van der Waals surface area contributed by atoms with Crippen molar-refractivity contribution in [2.75, 3.05) is 6.54 Å². The van der Waals surface area contributed by atoms with Crippen LogP contribution in [-0.2, 0) is 11.3 Å². The lowest BCUT2D eigenvalue weighted by Gasteiger charge is -2.02. The molecule has 3 N–H and O–H groups in total. The Morgan fingerprint density at radius 1 is 1.50 bits per heavy atom. The molecule has 16 heavy (non-hydrogen) atoms. The minimum absolute atomic E-state index is 0.0473. The van der Waals surface area contributed by atoms with Gasteiger partial charge in [0, 0.05) is 12.5 Å². The number of carbonyl (C=O) groups excluding carboxylic acids is 1. The Morgan fingerprint density at radius 2 is 2.31 bits per heavy atom. The second kappa shape index (κ2) is 7.00. The number of hydrogen-bond donors (Lipinski definition) is 2. The Kier molecular flexibility index (Phi) is 5.56. The molecule has 0 aromatic carbocycles. The smallest absolute Gasteiger partial charge is 0.220 e. The van der Waals surface area contributed by atoms with E-state index in [0.717, 1.165) is 25.0 Å². The predicted octanol–water partition coefficient (Wildman–Crippen LogP) is 1.12. The van der Waals surface area contributed by atoms with Gasteiger partial charge in [0.25, 0.3) is 0 Å². The van der Waals surface area contributed by atoms with Crippen LogP contribution in [0.2, 0.25) is 0 Å². The monoisotopic (exact) mass is 225 g/mol. The SMILES string of the molecule is Cc1cc(CNC(=O)CCCCCN)on1. The van der Waals surface area contributed by atoms with Gasteiger partial charge >= 0.3 is 0 Å². The molecular formula is C11H19N3O2. The summed E-state index contributed by atoms with van der Waals surface area (Å²) >= 11 is 0. The van der Waals surface area contributed by atoms with E-state index in [0.29, 0.717) is 25.3 Å². The van der Waals surface area contributed by atoms with E-state index in [-0.39, 0.29) is 5.91 Å².